The molecule has 0 spiro atoms. The smallest absolute Gasteiger partial charge is 0.0328 e. The zero-order valence-electron chi connectivity index (χ0n) is 9.79. The molecule has 0 saturated carbocycles. The van der Waals surface area contributed by atoms with E-state index >= 15 is 0 Å². The molecule has 0 heterocycles. The summed E-state index contributed by atoms with van der Waals surface area (Å²) in [6.07, 6.45) is 4.98. The molecule has 0 aliphatic heterocycles. The van der Waals surface area contributed by atoms with Gasteiger partial charge in [0.25, 0.3) is 0 Å². The van der Waals surface area contributed by atoms with E-state index in [9.17, 15) is 0 Å². The first-order chi connectivity index (χ1) is 7.35. The molecule has 15 heavy (non-hydrogen) atoms. The molecule has 1 nitrogen and oxygen atoms in total. The number of fused-ring (bicyclic) bond motifs is 1. The fraction of sp³-hybridized carbons (Fsp3) is 0.571. The summed E-state index contributed by atoms with van der Waals surface area (Å²) in [6, 6.07) is 10.1. The summed E-state index contributed by atoms with van der Waals surface area (Å²) in [6.45, 7) is 4.53. The highest BCUT2D eigenvalue weighted by Gasteiger charge is 2.22. The molecule has 0 fully saturated rings. The lowest BCUT2D eigenvalue weighted by molar-refractivity contribution is 0.413. The first-order valence-corrected chi connectivity index (χ1v) is 6.19. The molecule has 1 aromatic rings. The highest BCUT2D eigenvalue weighted by atomic mass is 15.0. The molecule has 1 aliphatic rings. The second kappa shape index (κ2) is 4.80. The lowest BCUT2D eigenvalue weighted by atomic mass is 10.1. The van der Waals surface area contributed by atoms with Gasteiger partial charge in [-0.15, -0.1) is 0 Å². The summed E-state index contributed by atoms with van der Waals surface area (Å²) in [7, 11) is 0. The normalized spacial score (nSPS) is 19.5. The Labute approximate surface area is 92.9 Å². The van der Waals surface area contributed by atoms with E-state index in [2.05, 4.69) is 43.4 Å². The molecule has 82 valence electrons. The van der Waals surface area contributed by atoms with E-state index in [4.69, 9.17) is 0 Å². The Kier molecular flexibility index (Phi) is 3.42. The molecule has 1 atom stereocenters. The summed E-state index contributed by atoms with van der Waals surface area (Å²) < 4.78 is 0. The van der Waals surface area contributed by atoms with Gasteiger partial charge in [0.15, 0.2) is 0 Å². The molecule has 0 bridgehead atoms. The van der Waals surface area contributed by atoms with Crippen molar-refractivity contribution in [3.05, 3.63) is 35.4 Å². The van der Waals surface area contributed by atoms with Gasteiger partial charge in [0, 0.05) is 12.1 Å². The van der Waals surface area contributed by atoms with Crippen LogP contribution in [0.2, 0.25) is 0 Å². The maximum absolute atomic E-state index is 3.77. The van der Waals surface area contributed by atoms with Gasteiger partial charge in [-0.3, -0.25) is 0 Å². The highest BCUT2D eigenvalue weighted by Crippen LogP contribution is 2.31. The van der Waals surface area contributed by atoms with Crippen LogP contribution in [0.5, 0.6) is 0 Å². The van der Waals surface area contributed by atoms with Gasteiger partial charge >= 0.3 is 0 Å². The van der Waals surface area contributed by atoms with E-state index in [0.717, 1.165) is 0 Å². The molecule has 1 N–H and O–H groups in total. The van der Waals surface area contributed by atoms with Crippen LogP contribution in [0.3, 0.4) is 0 Å². The zero-order valence-corrected chi connectivity index (χ0v) is 9.79. The number of benzene rings is 1. The molecule has 1 heteroatoms. The van der Waals surface area contributed by atoms with Crippen molar-refractivity contribution >= 4 is 0 Å². The molecule has 1 unspecified atom stereocenters. The van der Waals surface area contributed by atoms with E-state index in [-0.39, 0.29) is 0 Å². The van der Waals surface area contributed by atoms with Crippen molar-refractivity contribution in [3.8, 4) is 0 Å². The van der Waals surface area contributed by atoms with Crippen molar-refractivity contribution in [2.45, 2.75) is 51.6 Å². The van der Waals surface area contributed by atoms with Crippen LogP contribution >= 0.6 is 0 Å². The van der Waals surface area contributed by atoms with Crippen molar-refractivity contribution in [2.75, 3.05) is 0 Å². The average molecular weight is 203 g/mol. The van der Waals surface area contributed by atoms with Gasteiger partial charge in [-0.1, -0.05) is 38.1 Å². The Hall–Kier alpha value is -0.820. The molecular weight excluding hydrogens is 182 g/mol. The number of nitrogens with one attached hydrogen (secondary N) is 1. The molecule has 2 rings (SSSR count). The van der Waals surface area contributed by atoms with Crippen molar-refractivity contribution < 1.29 is 0 Å². The van der Waals surface area contributed by atoms with Crippen LogP contribution in [-0.2, 0) is 6.42 Å². The fourth-order valence-electron chi connectivity index (χ4n) is 2.54. The van der Waals surface area contributed by atoms with E-state index in [1.807, 2.05) is 0 Å². The van der Waals surface area contributed by atoms with Crippen molar-refractivity contribution in [1.82, 2.24) is 5.32 Å². The predicted octanol–water partition coefficient (Wildman–Crippen LogP) is 3.45. The molecule has 1 aliphatic carbocycles. The Morgan fingerprint density at radius 2 is 2.00 bits per heavy atom. The Morgan fingerprint density at radius 1 is 1.27 bits per heavy atom. The first-order valence-electron chi connectivity index (χ1n) is 6.19. The third-order valence-corrected chi connectivity index (χ3v) is 3.56. The fourth-order valence-corrected chi connectivity index (χ4v) is 2.54. The van der Waals surface area contributed by atoms with E-state index in [0.29, 0.717) is 12.1 Å². The van der Waals surface area contributed by atoms with Gasteiger partial charge in [-0.05, 0) is 36.8 Å². The Morgan fingerprint density at radius 3 is 2.73 bits per heavy atom. The third-order valence-electron chi connectivity index (χ3n) is 3.56. The maximum Gasteiger partial charge on any atom is 0.0328 e. The van der Waals surface area contributed by atoms with Crippen LogP contribution in [0.4, 0.5) is 0 Å². The summed E-state index contributed by atoms with van der Waals surface area (Å²) in [4.78, 5) is 0. The highest BCUT2D eigenvalue weighted by molar-refractivity contribution is 5.34. The first kappa shape index (κ1) is 10.7. The van der Waals surface area contributed by atoms with Crippen LogP contribution in [0, 0.1) is 0 Å². The maximum atomic E-state index is 3.77. The minimum atomic E-state index is 0.603. The number of rotatable bonds is 4. The molecule has 0 saturated heterocycles. The minimum Gasteiger partial charge on any atom is -0.307 e. The summed E-state index contributed by atoms with van der Waals surface area (Å²) in [5.74, 6) is 0. The van der Waals surface area contributed by atoms with E-state index in [1.54, 1.807) is 5.56 Å². The lowest BCUT2D eigenvalue weighted by Crippen LogP contribution is -2.30. The largest absolute Gasteiger partial charge is 0.307 e. The number of aryl methyl sites for hydroxylation is 1. The lowest BCUT2D eigenvalue weighted by Gasteiger charge is -2.21. The van der Waals surface area contributed by atoms with Gasteiger partial charge < -0.3 is 5.32 Å². The average Bonchev–Trinajstić information content (AvgIpc) is 2.69. The van der Waals surface area contributed by atoms with Crippen LogP contribution in [0.15, 0.2) is 24.3 Å². The van der Waals surface area contributed by atoms with Crippen LogP contribution in [0.1, 0.15) is 50.3 Å². The number of hydrogen-bond donors (Lipinski definition) is 1. The van der Waals surface area contributed by atoms with Gasteiger partial charge in [-0.2, -0.15) is 0 Å². The van der Waals surface area contributed by atoms with E-state index in [1.165, 1.54) is 31.2 Å². The van der Waals surface area contributed by atoms with Crippen LogP contribution in [-0.4, -0.2) is 6.04 Å². The summed E-state index contributed by atoms with van der Waals surface area (Å²) in [5.41, 5.74) is 3.07. The van der Waals surface area contributed by atoms with Crippen LogP contribution < -0.4 is 5.32 Å². The van der Waals surface area contributed by atoms with Gasteiger partial charge in [0.2, 0.25) is 0 Å². The monoisotopic (exact) mass is 203 g/mol. The molecule has 0 aromatic heterocycles. The van der Waals surface area contributed by atoms with Gasteiger partial charge in [0.05, 0.1) is 0 Å². The van der Waals surface area contributed by atoms with Gasteiger partial charge in [-0.25, -0.2) is 0 Å². The van der Waals surface area contributed by atoms with E-state index < -0.39 is 0 Å². The second-order valence-electron chi connectivity index (χ2n) is 4.47. The molecule has 1 aromatic carbocycles. The van der Waals surface area contributed by atoms with Crippen LogP contribution in [0.25, 0.3) is 0 Å². The zero-order chi connectivity index (χ0) is 10.7. The summed E-state index contributed by atoms with van der Waals surface area (Å²) >= 11 is 0. The van der Waals surface area contributed by atoms with Crippen molar-refractivity contribution in [1.29, 1.82) is 0 Å². The Balaban J connectivity index is 2.07. The third kappa shape index (κ3) is 2.23. The topological polar surface area (TPSA) is 12.0 Å². The Bertz CT molecular complexity index is 315. The van der Waals surface area contributed by atoms with Gasteiger partial charge in [0.1, 0.15) is 0 Å². The predicted molar refractivity (Wildman–Crippen MR) is 65.0 cm³/mol. The molecule has 0 radical (unpaired) electrons. The standard InChI is InChI=1S/C14H21N/c1-3-12(4-2)15-14-10-9-11-7-5-6-8-13(11)14/h5-8,12,14-15H,3-4,9-10H2,1-2H3. The molecular formula is C14H21N. The minimum absolute atomic E-state index is 0.603. The quantitative estimate of drug-likeness (QED) is 0.790. The second-order valence-corrected chi connectivity index (χ2v) is 4.47. The summed E-state index contributed by atoms with van der Waals surface area (Å²) in [5, 5.41) is 3.77. The SMILES string of the molecule is CCC(CC)NC1CCc2ccccc21. The molecule has 0 amide bonds. The van der Waals surface area contributed by atoms with Crippen molar-refractivity contribution in [3.63, 3.8) is 0 Å². The van der Waals surface area contributed by atoms with Crippen molar-refractivity contribution in [2.24, 2.45) is 0 Å². The number of hydrogen-bond acceptors (Lipinski definition) is 1.